The Morgan fingerprint density at radius 1 is 1.11 bits per heavy atom. The normalized spacial score (nSPS) is 15.1. The summed E-state index contributed by atoms with van der Waals surface area (Å²) in [7, 11) is 0. The van der Waals surface area contributed by atoms with Crippen LogP contribution in [0.1, 0.15) is 34.3 Å². The first kappa shape index (κ1) is 19.2. The largest absolute Gasteiger partial charge is 0.349 e. The van der Waals surface area contributed by atoms with E-state index in [1.54, 1.807) is 24.3 Å². The molecule has 0 radical (unpaired) electrons. The highest BCUT2D eigenvalue weighted by atomic mass is 35.5. The molecule has 2 aromatic carbocycles. The van der Waals surface area contributed by atoms with E-state index in [1.807, 2.05) is 48.2 Å². The topological polar surface area (TPSA) is 49.4 Å². The maximum atomic E-state index is 12.4. The van der Waals surface area contributed by atoms with E-state index in [0.29, 0.717) is 23.7 Å². The second kappa shape index (κ2) is 8.87. The molecule has 1 heterocycles. The van der Waals surface area contributed by atoms with E-state index < -0.39 is 0 Å². The van der Waals surface area contributed by atoms with Crippen LogP contribution in [-0.2, 0) is 4.79 Å². The minimum absolute atomic E-state index is 0.0143. The summed E-state index contributed by atoms with van der Waals surface area (Å²) in [6.07, 6.45) is 4.89. The van der Waals surface area contributed by atoms with Crippen LogP contribution >= 0.6 is 11.6 Å². The fourth-order valence-corrected chi connectivity index (χ4v) is 3.28. The Bertz CT molecular complexity index is 841. The van der Waals surface area contributed by atoms with Crippen molar-refractivity contribution in [2.24, 2.45) is 0 Å². The Labute approximate surface area is 164 Å². The van der Waals surface area contributed by atoms with E-state index in [1.165, 1.54) is 0 Å². The highest BCUT2D eigenvalue weighted by Crippen LogP contribution is 2.18. The van der Waals surface area contributed by atoms with Crippen molar-refractivity contribution in [1.29, 1.82) is 0 Å². The Morgan fingerprint density at radius 3 is 2.48 bits per heavy atom. The van der Waals surface area contributed by atoms with E-state index in [9.17, 15) is 9.59 Å². The van der Waals surface area contributed by atoms with Crippen molar-refractivity contribution in [1.82, 2.24) is 10.2 Å². The maximum absolute atomic E-state index is 12.4. The summed E-state index contributed by atoms with van der Waals surface area (Å²) in [4.78, 5) is 26.4. The third kappa shape index (κ3) is 5.20. The number of nitrogens with zero attached hydrogens (tertiary/aromatic N) is 1. The SMILES string of the molecule is Cc1ccc(C=CC(=O)N2CCC(NC(=O)c3ccccc3)CC2)cc1Cl. The fraction of sp³-hybridized carbons (Fsp3) is 0.273. The lowest BCUT2D eigenvalue weighted by Gasteiger charge is -2.31. The maximum Gasteiger partial charge on any atom is 0.251 e. The molecule has 140 valence electrons. The minimum Gasteiger partial charge on any atom is -0.349 e. The van der Waals surface area contributed by atoms with Crippen LogP contribution in [0.25, 0.3) is 6.08 Å². The highest BCUT2D eigenvalue weighted by molar-refractivity contribution is 6.31. The first-order chi connectivity index (χ1) is 13.0. The van der Waals surface area contributed by atoms with Gasteiger partial charge in [-0.2, -0.15) is 0 Å². The monoisotopic (exact) mass is 382 g/mol. The van der Waals surface area contributed by atoms with Crippen LogP contribution in [0.3, 0.4) is 0 Å². The second-order valence-corrected chi connectivity index (χ2v) is 7.19. The zero-order valence-electron chi connectivity index (χ0n) is 15.3. The Hall–Kier alpha value is -2.59. The molecule has 0 unspecified atom stereocenters. The molecule has 27 heavy (non-hydrogen) atoms. The van der Waals surface area contributed by atoms with Crippen molar-refractivity contribution in [3.8, 4) is 0 Å². The number of amides is 2. The molecule has 0 spiro atoms. The van der Waals surface area contributed by atoms with Crippen molar-refractivity contribution in [3.05, 3.63) is 76.3 Å². The number of carbonyl (C=O) groups is 2. The molecule has 0 aromatic heterocycles. The Kier molecular flexibility index (Phi) is 6.30. The van der Waals surface area contributed by atoms with E-state index in [2.05, 4.69) is 5.32 Å². The molecule has 0 bridgehead atoms. The Morgan fingerprint density at radius 2 is 1.81 bits per heavy atom. The molecule has 3 rings (SSSR count). The van der Waals surface area contributed by atoms with Crippen molar-refractivity contribution in [2.45, 2.75) is 25.8 Å². The van der Waals surface area contributed by atoms with Crippen LogP contribution in [0.2, 0.25) is 5.02 Å². The molecule has 2 amide bonds. The van der Waals surface area contributed by atoms with Crippen molar-refractivity contribution in [2.75, 3.05) is 13.1 Å². The summed E-state index contributed by atoms with van der Waals surface area (Å²) in [5.41, 5.74) is 2.58. The molecule has 1 fully saturated rings. The molecular formula is C22H23ClN2O2. The van der Waals surface area contributed by atoms with Crippen LogP contribution in [0.5, 0.6) is 0 Å². The number of rotatable bonds is 4. The van der Waals surface area contributed by atoms with Crippen LogP contribution < -0.4 is 5.32 Å². The predicted octanol–water partition coefficient (Wildman–Crippen LogP) is 4.08. The summed E-state index contributed by atoms with van der Waals surface area (Å²) in [6, 6.07) is 15.0. The van der Waals surface area contributed by atoms with Gasteiger partial charge in [-0.25, -0.2) is 0 Å². The van der Waals surface area contributed by atoms with Crippen LogP contribution in [0.4, 0.5) is 0 Å². The summed E-state index contributed by atoms with van der Waals surface area (Å²) < 4.78 is 0. The molecule has 5 heteroatoms. The zero-order valence-corrected chi connectivity index (χ0v) is 16.1. The average molecular weight is 383 g/mol. The summed E-state index contributed by atoms with van der Waals surface area (Å²) >= 11 is 6.12. The summed E-state index contributed by atoms with van der Waals surface area (Å²) in [6.45, 7) is 3.22. The molecule has 1 aliphatic heterocycles. The van der Waals surface area contributed by atoms with E-state index >= 15 is 0 Å². The first-order valence-electron chi connectivity index (χ1n) is 9.12. The molecule has 1 saturated heterocycles. The van der Waals surface area contributed by atoms with E-state index in [0.717, 1.165) is 24.0 Å². The lowest BCUT2D eigenvalue weighted by molar-refractivity contribution is -0.126. The molecule has 1 aliphatic rings. The second-order valence-electron chi connectivity index (χ2n) is 6.78. The average Bonchev–Trinajstić information content (AvgIpc) is 2.70. The molecule has 2 aromatic rings. The molecule has 0 saturated carbocycles. The number of nitrogens with one attached hydrogen (secondary N) is 1. The van der Waals surface area contributed by atoms with Gasteiger partial charge >= 0.3 is 0 Å². The van der Waals surface area contributed by atoms with Gasteiger partial charge in [0.25, 0.3) is 5.91 Å². The third-order valence-electron chi connectivity index (χ3n) is 4.79. The van der Waals surface area contributed by atoms with Crippen LogP contribution in [-0.4, -0.2) is 35.8 Å². The van der Waals surface area contributed by atoms with Gasteiger partial charge in [-0.15, -0.1) is 0 Å². The third-order valence-corrected chi connectivity index (χ3v) is 5.20. The number of piperidine rings is 1. The molecule has 0 atom stereocenters. The van der Waals surface area contributed by atoms with Gasteiger partial charge in [0, 0.05) is 35.8 Å². The van der Waals surface area contributed by atoms with Gasteiger partial charge < -0.3 is 10.2 Å². The number of hydrogen-bond donors (Lipinski definition) is 1. The number of aryl methyl sites for hydroxylation is 1. The quantitative estimate of drug-likeness (QED) is 0.810. The Balaban J connectivity index is 1.49. The predicted molar refractivity (Wildman–Crippen MR) is 109 cm³/mol. The van der Waals surface area contributed by atoms with Gasteiger partial charge in [0.1, 0.15) is 0 Å². The van der Waals surface area contributed by atoms with Crippen LogP contribution in [0.15, 0.2) is 54.6 Å². The van der Waals surface area contributed by atoms with Crippen molar-refractivity contribution < 1.29 is 9.59 Å². The minimum atomic E-state index is -0.0588. The summed E-state index contributed by atoms with van der Waals surface area (Å²) in [5, 5.41) is 3.75. The number of hydrogen-bond acceptors (Lipinski definition) is 2. The standard InChI is InChI=1S/C22H23ClN2O2/c1-16-7-8-17(15-20(16)23)9-10-21(26)25-13-11-19(12-14-25)24-22(27)18-5-3-2-4-6-18/h2-10,15,19H,11-14H2,1H3,(H,24,27). The lowest BCUT2D eigenvalue weighted by atomic mass is 10.0. The number of carbonyl (C=O) groups excluding carboxylic acids is 2. The number of likely N-dealkylation sites (tertiary alicyclic amines) is 1. The van der Waals surface area contributed by atoms with Gasteiger partial charge in [-0.05, 0) is 55.2 Å². The molecule has 1 N–H and O–H groups in total. The fourth-order valence-electron chi connectivity index (χ4n) is 3.09. The van der Waals surface area contributed by atoms with Gasteiger partial charge in [0.2, 0.25) is 5.91 Å². The molecular weight excluding hydrogens is 360 g/mol. The number of halogens is 1. The molecule has 4 nitrogen and oxygen atoms in total. The van der Waals surface area contributed by atoms with Gasteiger partial charge in [0.05, 0.1) is 0 Å². The smallest absolute Gasteiger partial charge is 0.251 e. The highest BCUT2D eigenvalue weighted by Gasteiger charge is 2.23. The van der Waals surface area contributed by atoms with Gasteiger partial charge in [0.15, 0.2) is 0 Å². The lowest BCUT2D eigenvalue weighted by Crippen LogP contribution is -2.46. The van der Waals surface area contributed by atoms with Gasteiger partial charge in [-0.3, -0.25) is 9.59 Å². The summed E-state index contributed by atoms with van der Waals surface area (Å²) in [5.74, 6) is -0.0731. The van der Waals surface area contributed by atoms with Gasteiger partial charge in [-0.1, -0.05) is 41.9 Å². The number of benzene rings is 2. The van der Waals surface area contributed by atoms with E-state index in [-0.39, 0.29) is 17.9 Å². The van der Waals surface area contributed by atoms with Crippen molar-refractivity contribution in [3.63, 3.8) is 0 Å². The molecule has 0 aliphatic carbocycles. The van der Waals surface area contributed by atoms with Crippen LogP contribution in [0, 0.1) is 6.92 Å². The first-order valence-corrected chi connectivity index (χ1v) is 9.50. The zero-order chi connectivity index (χ0) is 19.2. The van der Waals surface area contributed by atoms with E-state index in [4.69, 9.17) is 11.6 Å². The van der Waals surface area contributed by atoms with Crippen molar-refractivity contribution >= 4 is 29.5 Å².